The number of benzene rings is 1. The molecule has 1 heterocycles. The van der Waals surface area contributed by atoms with Gasteiger partial charge in [0.1, 0.15) is 0 Å². The van der Waals surface area contributed by atoms with Crippen LogP contribution in [0.3, 0.4) is 0 Å². The highest BCUT2D eigenvalue weighted by Crippen LogP contribution is 2.25. The highest BCUT2D eigenvalue weighted by atomic mass is 32.2. The topological polar surface area (TPSA) is 29.5 Å². The van der Waals surface area contributed by atoms with Crippen LogP contribution in [0, 0.1) is 0 Å². The minimum atomic E-state index is -0.352. The lowest BCUT2D eigenvalue weighted by Gasteiger charge is -2.14. The molecule has 0 saturated carbocycles. The summed E-state index contributed by atoms with van der Waals surface area (Å²) in [4.78, 5) is 1.27. The molecule has 1 aromatic rings. The van der Waals surface area contributed by atoms with E-state index in [1.807, 2.05) is 23.9 Å². The fourth-order valence-electron chi connectivity index (χ4n) is 2.34. The van der Waals surface area contributed by atoms with E-state index in [9.17, 15) is 5.11 Å². The van der Waals surface area contributed by atoms with Crippen LogP contribution in [0.25, 0.3) is 0 Å². The van der Waals surface area contributed by atoms with Gasteiger partial charge in [-0.15, -0.1) is 11.8 Å². The molecule has 1 aliphatic rings. The largest absolute Gasteiger partial charge is 0.388 e. The van der Waals surface area contributed by atoms with Crippen LogP contribution in [-0.2, 0) is 4.74 Å². The zero-order chi connectivity index (χ0) is 12.8. The Morgan fingerprint density at radius 1 is 1.39 bits per heavy atom. The standard InChI is InChI=1S/C15H22O2S/c1-2-18-14-8-5-12(6-9-14)15(16)10-7-13-4-3-11-17-13/h5-6,8-9,13,15-16H,2-4,7,10-11H2,1H3. The van der Waals surface area contributed by atoms with Gasteiger partial charge in [-0.05, 0) is 49.1 Å². The van der Waals surface area contributed by atoms with E-state index in [-0.39, 0.29) is 6.10 Å². The van der Waals surface area contributed by atoms with Crippen LogP contribution in [0.4, 0.5) is 0 Å². The van der Waals surface area contributed by atoms with Crippen LogP contribution in [0.1, 0.15) is 44.3 Å². The molecule has 2 atom stereocenters. The molecule has 3 heteroatoms. The lowest BCUT2D eigenvalue weighted by molar-refractivity contribution is 0.0812. The van der Waals surface area contributed by atoms with E-state index in [4.69, 9.17) is 4.74 Å². The van der Waals surface area contributed by atoms with Crippen molar-refractivity contribution in [2.75, 3.05) is 12.4 Å². The second-order valence-electron chi connectivity index (χ2n) is 4.73. The lowest BCUT2D eigenvalue weighted by Crippen LogP contribution is -2.07. The first-order chi connectivity index (χ1) is 8.79. The van der Waals surface area contributed by atoms with E-state index < -0.39 is 0 Å². The van der Waals surface area contributed by atoms with Gasteiger partial charge in [0, 0.05) is 11.5 Å². The summed E-state index contributed by atoms with van der Waals surface area (Å²) < 4.78 is 5.58. The zero-order valence-corrected chi connectivity index (χ0v) is 11.8. The molecule has 1 N–H and O–H groups in total. The van der Waals surface area contributed by atoms with E-state index >= 15 is 0 Å². The quantitative estimate of drug-likeness (QED) is 0.794. The van der Waals surface area contributed by atoms with Crippen molar-refractivity contribution in [1.82, 2.24) is 0 Å². The Labute approximate surface area is 114 Å². The Morgan fingerprint density at radius 2 is 2.17 bits per heavy atom. The smallest absolute Gasteiger partial charge is 0.0791 e. The predicted molar refractivity (Wildman–Crippen MR) is 76.0 cm³/mol. The first-order valence-corrected chi connectivity index (χ1v) is 7.80. The molecule has 0 aromatic heterocycles. The molecule has 1 aliphatic heterocycles. The fourth-order valence-corrected chi connectivity index (χ4v) is 3.00. The van der Waals surface area contributed by atoms with Crippen molar-refractivity contribution in [3.63, 3.8) is 0 Å². The second-order valence-corrected chi connectivity index (χ2v) is 6.07. The molecule has 1 aromatic carbocycles. The number of hydrogen-bond acceptors (Lipinski definition) is 3. The Kier molecular flexibility index (Phi) is 5.54. The van der Waals surface area contributed by atoms with Crippen molar-refractivity contribution in [2.24, 2.45) is 0 Å². The van der Waals surface area contributed by atoms with Gasteiger partial charge in [0.15, 0.2) is 0 Å². The van der Waals surface area contributed by atoms with Gasteiger partial charge < -0.3 is 9.84 Å². The molecular formula is C15H22O2S. The normalized spacial score (nSPS) is 21.1. The summed E-state index contributed by atoms with van der Waals surface area (Å²) in [5.74, 6) is 1.08. The Bertz CT molecular complexity index is 344. The maximum atomic E-state index is 10.1. The summed E-state index contributed by atoms with van der Waals surface area (Å²) in [5, 5.41) is 10.1. The van der Waals surface area contributed by atoms with E-state index in [1.165, 1.54) is 11.3 Å². The molecular weight excluding hydrogens is 244 g/mol. The summed E-state index contributed by atoms with van der Waals surface area (Å²) in [6.45, 7) is 3.04. The minimum Gasteiger partial charge on any atom is -0.388 e. The highest BCUT2D eigenvalue weighted by Gasteiger charge is 2.17. The molecule has 2 unspecified atom stereocenters. The van der Waals surface area contributed by atoms with Gasteiger partial charge in [-0.1, -0.05) is 19.1 Å². The Morgan fingerprint density at radius 3 is 2.78 bits per heavy atom. The SMILES string of the molecule is CCSc1ccc(C(O)CCC2CCCO2)cc1. The van der Waals surface area contributed by atoms with Crippen LogP contribution < -0.4 is 0 Å². The second kappa shape index (κ2) is 7.17. The summed E-state index contributed by atoms with van der Waals surface area (Å²) in [6.07, 6.45) is 4.10. The third-order valence-corrected chi connectivity index (χ3v) is 4.26. The lowest BCUT2D eigenvalue weighted by atomic mass is 10.0. The third kappa shape index (κ3) is 4.01. The number of thioether (sulfide) groups is 1. The van der Waals surface area contributed by atoms with Gasteiger partial charge in [-0.25, -0.2) is 0 Å². The molecule has 18 heavy (non-hydrogen) atoms. The first kappa shape index (κ1) is 13.9. The molecule has 1 fully saturated rings. The average Bonchev–Trinajstić information content (AvgIpc) is 2.90. The van der Waals surface area contributed by atoms with Crippen LogP contribution in [0.5, 0.6) is 0 Å². The number of aliphatic hydroxyl groups excluding tert-OH is 1. The third-order valence-electron chi connectivity index (χ3n) is 3.36. The maximum absolute atomic E-state index is 10.1. The maximum Gasteiger partial charge on any atom is 0.0791 e. The predicted octanol–water partition coefficient (Wildman–Crippen LogP) is 3.79. The Balaban J connectivity index is 1.81. The van der Waals surface area contributed by atoms with Gasteiger partial charge in [0.05, 0.1) is 12.2 Å². The number of rotatable bonds is 6. The summed E-state index contributed by atoms with van der Waals surface area (Å²) >= 11 is 1.83. The first-order valence-electron chi connectivity index (χ1n) is 6.82. The van der Waals surface area contributed by atoms with Gasteiger partial charge >= 0.3 is 0 Å². The van der Waals surface area contributed by atoms with Gasteiger partial charge in [0.2, 0.25) is 0 Å². The molecule has 0 spiro atoms. The van der Waals surface area contributed by atoms with Crippen molar-refractivity contribution < 1.29 is 9.84 Å². The molecule has 0 bridgehead atoms. The van der Waals surface area contributed by atoms with Crippen LogP contribution in [-0.4, -0.2) is 23.6 Å². The molecule has 1 saturated heterocycles. The van der Waals surface area contributed by atoms with Crippen molar-refractivity contribution >= 4 is 11.8 Å². The molecule has 0 amide bonds. The van der Waals surface area contributed by atoms with Crippen molar-refractivity contribution in [2.45, 2.75) is 49.7 Å². The molecule has 100 valence electrons. The van der Waals surface area contributed by atoms with Crippen LogP contribution >= 0.6 is 11.8 Å². The summed E-state index contributed by atoms with van der Waals surface area (Å²) in [5.41, 5.74) is 1.02. The van der Waals surface area contributed by atoms with Crippen molar-refractivity contribution in [3.8, 4) is 0 Å². The van der Waals surface area contributed by atoms with Crippen LogP contribution in [0.2, 0.25) is 0 Å². The fraction of sp³-hybridized carbons (Fsp3) is 0.600. The van der Waals surface area contributed by atoms with E-state index in [2.05, 4.69) is 19.1 Å². The summed E-state index contributed by atoms with van der Waals surface area (Å²) in [6, 6.07) is 8.27. The summed E-state index contributed by atoms with van der Waals surface area (Å²) in [7, 11) is 0. The van der Waals surface area contributed by atoms with Crippen LogP contribution in [0.15, 0.2) is 29.2 Å². The average molecular weight is 266 g/mol. The van der Waals surface area contributed by atoms with E-state index in [0.29, 0.717) is 6.10 Å². The monoisotopic (exact) mass is 266 g/mol. The number of aliphatic hydroxyl groups is 1. The molecule has 0 radical (unpaired) electrons. The minimum absolute atomic E-state index is 0.352. The van der Waals surface area contributed by atoms with E-state index in [1.54, 1.807) is 0 Å². The van der Waals surface area contributed by atoms with Gasteiger partial charge in [-0.3, -0.25) is 0 Å². The Hall–Kier alpha value is -0.510. The van der Waals surface area contributed by atoms with Crippen molar-refractivity contribution in [3.05, 3.63) is 29.8 Å². The van der Waals surface area contributed by atoms with E-state index in [0.717, 1.165) is 37.2 Å². The molecule has 0 aliphatic carbocycles. The highest BCUT2D eigenvalue weighted by molar-refractivity contribution is 7.99. The van der Waals surface area contributed by atoms with Gasteiger partial charge in [-0.2, -0.15) is 0 Å². The number of ether oxygens (including phenoxy) is 1. The number of hydrogen-bond donors (Lipinski definition) is 1. The molecule has 2 rings (SSSR count). The molecule has 2 nitrogen and oxygen atoms in total. The zero-order valence-electron chi connectivity index (χ0n) is 11.0. The van der Waals surface area contributed by atoms with Crippen molar-refractivity contribution in [1.29, 1.82) is 0 Å². The van der Waals surface area contributed by atoms with Gasteiger partial charge in [0.25, 0.3) is 0 Å².